The molecule has 0 saturated carbocycles. The lowest BCUT2D eigenvalue weighted by Crippen LogP contribution is -2.39. The maximum Gasteiger partial charge on any atom is 0.263 e. The molecule has 0 unspecified atom stereocenters. The minimum absolute atomic E-state index is 0.0395. The number of methoxy groups -OCH3 is 2. The summed E-state index contributed by atoms with van der Waals surface area (Å²) in [7, 11) is 2.99. The summed E-state index contributed by atoms with van der Waals surface area (Å²) in [5.41, 5.74) is 2.19. The Morgan fingerprint density at radius 1 is 1.03 bits per heavy atom. The SMILES string of the molecule is COc1cc(OC)cc(N2C(=O)[C@@H]3N=NN(Cc4nc(-c5ccccc5C)no4)[C@H]3C2=O)c1. The van der Waals surface area contributed by atoms with Crippen molar-refractivity contribution in [1.82, 2.24) is 15.1 Å². The summed E-state index contributed by atoms with van der Waals surface area (Å²) in [5.74, 6) is 0.677. The number of carbonyl (C=O) groups excluding carboxylic acids is 2. The van der Waals surface area contributed by atoms with Gasteiger partial charge in [-0.25, -0.2) is 4.90 Å². The number of hydrogen-bond donors (Lipinski definition) is 0. The molecule has 3 aromatic rings. The van der Waals surface area contributed by atoms with Crippen LogP contribution in [0.2, 0.25) is 0 Å². The Hall–Kier alpha value is -4.28. The van der Waals surface area contributed by atoms with Crippen LogP contribution < -0.4 is 14.4 Å². The fourth-order valence-electron chi connectivity index (χ4n) is 3.92. The first kappa shape index (κ1) is 20.6. The van der Waals surface area contributed by atoms with Crippen LogP contribution in [0.5, 0.6) is 11.5 Å². The van der Waals surface area contributed by atoms with Gasteiger partial charge in [0.15, 0.2) is 12.1 Å². The van der Waals surface area contributed by atoms with Crippen LogP contribution in [0.25, 0.3) is 11.4 Å². The van der Waals surface area contributed by atoms with Gasteiger partial charge in [-0.2, -0.15) is 10.1 Å². The van der Waals surface area contributed by atoms with Crippen molar-refractivity contribution >= 4 is 17.5 Å². The standard InChI is InChI=1S/C22H20N6O5/c1-12-6-4-5-7-16(12)20-23-17(33-25-20)11-27-19-18(24-26-27)21(29)28(22(19)30)13-8-14(31-2)10-15(9-13)32-3/h4-10,18-19H,11H2,1-3H3/t18-,19-/m1/s1. The average Bonchev–Trinajstić information content (AvgIpc) is 3.52. The Morgan fingerprint density at radius 3 is 2.45 bits per heavy atom. The van der Waals surface area contributed by atoms with Crippen molar-refractivity contribution in [2.24, 2.45) is 10.3 Å². The summed E-state index contributed by atoms with van der Waals surface area (Å²) >= 11 is 0. The topological polar surface area (TPSA) is 123 Å². The Labute approximate surface area is 188 Å². The highest BCUT2D eigenvalue weighted by atomic mass is 16.5. The van der Waals surface area contributed by atoms with Gasteiger partial charge in [0.1, 0.15) is 18.0 Å². The Bertz CT molecular complexity index is 1250. The minimum Gasteiger partial charge on any atom is -0.497 e. The average molecular weight is 448 g/mol. The zero-order valence-electron chi connectivity index (χ0n) is 18.1. The summed E-state index contributed by atoms with van der Waals surface area (Å²) < 4.78 is 15.9. The van der Waals surface area contributed by atoms with E-state index in [1.165, 1.54) is 19.2 Å². The summed E-state index contributed by atoms with van der Waals surface area (Å²) in [4.78, 5) is 31.8. The summed E-state index contributed by atoms with van der Waals surface area (Å²) in [5, 5.41) is 13.5. The van der Waals surface area contributed by atoms with E-state index in [-0.39, 0.29) is 12.4 Å². The van der Waals surface area contributed by atoms with Crippen LogP contribution in [0.4, 0.5) is 5.69 Å². The molecule has 11 nitrogen and oxygen atoms in total. The summed E-state index contributed by atoms with van der Waals surface area (Å²) in [6, 6.07) is 10.7. The van der Waals surface area contributed by atoms with E-state index in [4.69, 9.17) is 14.0 Å². The van der Waals surface area contributed by atoms with Crippen LogP contribution >= 0.6 is 0 Å². The van der Waals surface area contributed by atoms with Gasteiger partial charge in [-0.15, -0.1) is 0 Å². The van der Waals surface area contributed by atoms with Crippen molar-refractivity contribution in [3.63, 3.8) is 0 Å². The molecule has 0 radical (unpaired) electrons. The lowest BCUT2D eigenvalue weighted by atomic mass is 10.1. The molecular weight excluding hydrogens is 428 g/mol. The zero-order chi connectivity index (χ0) is 23.1. The zero-order valence-corrected chi connectivity index (χ0v) is 18.1. The highest BCUT2D eigenvalue weighted by molar-refractivity contribution is 6.25. The van der Waals surface area contributed by atoms with Crippen molar-refractivity contribution < 1.29 is 23.6 Å². The number of carbonyl (C=O) groups is 2. The maximum atomic E-state index is 13.3. The van der Waals surface area contributed by atoms with E-state index in [0.717, 1.165) is 16.0 Å². The molecule has 168 valence electrons. The molecule has 2 amide bonds. The fourth-order valence-corrected chi connectivity index (χ4v) is 3.92. The first-order chi connectivity index (χ1) is 16.0. The third-order valence-corrected chi connectivity index (χ3v) is 5.60. The van der Waals surface area contributed by atoms with Crippen LogP contribution in [0.15, 0.2) is 57.3 Å². The monoisotopic (exact) mass is 448 g/mol. The predicted molar refractivity (Wildman–Crippen MR) is 114 cm³/mol. The minimum atomic E-state index is -0.951. The van der Waals surface area contributed by atoms with Gasteiger partial charge in [-0.1, -0.05) is 34.6 Å². The number of fused-ring (bicyclic) bond motifs is 1. The van der Waals surface area contributed by atoms with Crippen molar-refractivity contribution in [2.75, 3.05) is 19.1 Å². The fraction of sp³-hybridized carbons (Fsp3) is 0.273. The third kappa shape index (κ3) is 3.47. The quantitative estimate of drug-likeness (QED) is 0.527. The van der Waals surface area contributed by atoms with Gasteiger partial charge in [-0.3, -0.25) is 14.6 Å². The number of ether oxygens (including phenoxy) is 2. The van der Waals surface area contributed by atoms with Crippen LogP contribution in [0.1, 0.15) is 11.5 Å². The van der Waals surface area contributed by atoms with E-state index in [0.29, 0.717) is 23.0 Å². The van der Waals surface area contributed by atoms with Gasteiger partial charge in [-0.05, 0) is 12.5 Å². The molecule has 0 spiro atoms. The second kappa shape index (κ2) is 8.01. The maximum absolute atomic E-state index is 13.3. The number of rotatable bonds is 6. The van der Waals surface area contributed by atoms with E-state index >= 15 is 0 Å². The van der Waals surface area contributed by atoms with E-state index in [1.54, 1.807) is 18.2 Å². The lowest BCUT2D eigenvalue weighted by Gasteiger charge is -2.20. The largest absolute Gasteiger partial charge is 0.497 e. The summed E-state index contributed by atoms with van der Waals surface area (Å²) in [6.07, 6.45) is 0. The second-order valence-corrected chi connectivity index (χ2v) is 7.60. The molecule has 1 saturated heterocycles. The molecular formula is C22H20N6O5. The summed E-state index contributed by atoms with van der Waals surface area (Å²) in [6.45, 7) is 1.99. The number of anilines is 1. The number of benzene rings is 2. The van der Waals surface area contributed by atoms with Gasteiger partial charge in [0.2, 0.25) is 11.7 Å². The first-order valence-electron chi connectivity index (χ1n) is 10.2. The molecule has 3 heterocycles. The van der Waals surface area contributed by atoms with Gasteiger partial charge >= 0.3 is 0 Å². The molecule has 2 atom stereocenters. The highest BCUT2D eigenvalue weighted by Gasteiger charge is 2.55. The number of nitrogens with zero attached hydrogens (tertiary/aromatic N) is 6. The number of aromatic nitrogens is 2. The van der Waals surface area contributed by atoms with Crippen LogP contribution in [0.3, 0.4) is 0 Å². The normalized spacial score (nSPS) is 19.4. The Morgan fingerprint density at radius 2 is 1.76 bits per heavy atom. The molecule has 2 aliphatic heterocycles. The second-order valence-electron chi connectivity index (χ2n) is 7.60. The molecule has 11 heteroatoms. The van der Waals surface area contributed by atoms with Crippen LogP contribution in [0, 0.1) is 6.92 Å². The number of imide groups is 1. The van der Waals surface area contributed by atoms with E-state index in [9.17, 15) is 9.59 Å². The Balaban J connectivity index is 1.39. The molecule has 2 aliphatic rings. The molecule has 2 aromatic carbocycles. The number of hydrogen-bond acceptors (Lipinski definition) is 10. The molecule has 33 heavy (non-hydrogen) atoms. The van der Waals surface area contributed by atoms with E-state index < -0.39 is 23.9 Å². The van der Waals surface area contributed by atoms with E-state index in [1.807, 2.05) is 31.2 Å². The molecule has 0 aliphatic carbocycles. The van der Waals surface area contributed by atoms with Crippen LogP contribution in [-0.2, 0) is 16.1 Å². The smallest absolute Gasteiger partial charge is 0.263 e. The number of aryl methyl sites for hydroxylation is 1. The molecule has 1 aromatic heterocycles. The van der Waals surface area contributed by atoms with Crippen molar-refractivity contribution in [3.8, 4) is 22.9 Å². The highest BCUT2D eigenvalue weighted by Crippen LogP contribution is 2.36. The number of amides is 2. The Kier molecular flexibility index (Phi) is 5.00. The van der Waals surface area contributed by atoms with Gasteiger partial charge in [0.25, 0.3) is 11.8 Å². The van der Waals surface area contributed by atoms with Crippen molar-refractivity contribution in [2.45, 2.75) is 25.6 Å². The van der Waals surface area contributed by atoms with Gasteiger partial charge < -0.3 is 14.0 Å². The van der Waals surface area contributed by atoms with Gasteiger partial charge in [0.05, 0.1) is 19.9 Å². The van der Waals surface area contributed by atoms with Crippen molar-refractivity contribution in [1.29, 1.82) is 0 Å². The molecule has 0 N–H and O–H groups in total. The third-order valence-electron chi connectivity index (χ3n) is 5.60. The first-order valence-corrected chi connectivity index (χ1v) is 10.2. The molecule has 0 bridgehead atoms. The molecule has 5 rings (SSSR count). The van der Waals surface area contributed by atoms with E-state index in [2.05, 4.69) is 20.5 Å². The van der Waals surface area contributed by atoms with Crippen molar-refractivity contribution in [3.05, 3.63) is 53.9 Å². The van der Waals surface area contributed by atoms with Gasteiger partial charge in [0, 0.05) is 23.8 Å². The molecule has 1 fully saturated rings. The lowest BCUT2D eigenvalue weighted by molar-refractivity contribution is -0.123. The predicted octanol–water partition coefficient (Wildman–Crippen LogP) is 2.56. The van der Waals surface area contributed by atoms with Crippen LogP contribution in [-0.4, -0.2) is 53.3 Å².